The van der Waals surface area contributed by atoms with Crippen molar-refractivity contribution in [1.29, 1.82) is 0 Å². The van der Waals surface area contributed by atoms with Gasteiger partial charge in [0.05, 0.1) is 16.0 Å². The molecule has 2 aromatic rings. The van der Waals surface area contributed by atoms with E-state index in [4.69, 9.17) is 9.51 Å². The Morgan fingerprint density at radius 3 is 3.00 bits per heavy atom. The van der Waals surface area contributed by atoms with E-state index >= 15 is 0 Å². The van der Waals surface area contributed by atoms with E-state index in [0.717, 1.165) is 11.4 Å². The minimum absolute atomic E-state index is 0.0606. The number of carbonyl (C=O) groups excluding carboxylic acids is 1. The van der Waals surface area contributed by atoms with Gasteiger partial charge in [-0.3, -0.25) is 4.79 Å². The molecule has 0 radical (unpaired) electrons. The Morgan fingerprint density at radius 2 is 2.30 bits per heavy atom. The molecule has 124 valence electrons. The zero-order valence-electron chi connectivity index (χ0n) is 13.4. The normalized spacial score (nSPS) is 16.6. The lowest BCUT2D eigenvalue weighted by molar-refractivity contribution is -0.115. The summed E-state index contributed by atoms with van der Waals surface area (Å²) in [6.07, 6.45) is 5.20. The third-order valence-electron chi connectivity index (χ3n) is 4.00. The number of rotatable bonds is 6. The van der Waals surface area contributed by atoms with Gasteiger partial charge in [0.15, 0.2) is 5.82 Å². The Kier molecular flexibility index (Phi) is 5.38. The highest BCUT2D eigenvalue weighted by Crippen LogP contribution is 2.36. The van der Waals surface area contributed by atoms with Gasteiger partial charge < -0.3 is 9.84 Å². The van der Waals surface area contributed by atoms with Crippen LogP contribution in [0.3, 0.4) is 0 Å². The fraction of sp³-hybridized carbons (Fsp3) is 0.562. The molecule has 7 heteroatoms. The molecule has 2 heterocycles. The predicted molar refractivity (Wildman–Crippen MR) is 93.9 cm³/mol. The maximum Gasteiger partial charge on any atom is 0.238 e. The second kappa shape index (κ2) is 7.49. The van der Waals surface area contributed by atoms with Crippen molar-refractivity contribution in [2.45, 2.75) is 56.5 Å². The maximum atomic E-state index is 12.1. The number of anilines is 1. The van der Waals surface area contributed by atoms with E-state index in [-0.39, 0.29) is 11.2 Å². The number of aryl methyl sites for hydroxylation is 1. The lowest BCUT2D eigenvalue weighted by atomic mass is 10.1. The molecule has 1 aliphatic carbocycles. The number of nitrogens with one attached hydrogen (secondary N) is 1. The van der Waals surface area contributed by atoms with Gasteiger partial charge in [-0.15, -0.1) is 23.1 Å². The average molecular weight is 351 g/mol. The number of thioether (sulfide) groups is 1. The molecule has 0 spiro atoms. The van der Waals surface area contributed by atoms with Gasteiger partial charge in [-0.05, 0) is 26.7 Å². The topological polar surface area (TPSA) is 68.0 Å². The molecule has 1 amide bonds. The van der Waals surface area contributed by atoms with Crippen molar-refractivity contribution in [3.8, 4) is 0 Å². The zero-order chi connectivity index (χ0) is 16.2. The summed E-state index contributed by atoms with van der Waals surface area (Å²) in [7, 11) is 0. The lowest BCUT2D eigenvalue weighted by Gasteiger charge is -2.09. The average Bonchev–Trinajstić information content (AvgIpc) is 3.26. The Morgan fingerprint density at radius 1 is 1.52 bits per heavy atom. The third-order valence-corrected chi connectivity index (χ3v) is 6.24. The monoisotopic (exact) mass is 351 g/mol. The molecule has 0 saturated heterocycles. The van der Waals surface area contributed by atoms with Gasteiger partial charge in [-0.1, -0.05) is 18.0 Å². The molecule has 23 heavy (non-hydrogen) atoms. The Bertz CT molecular complexity index is 662. The quantitative estimate of drug-likeness (QED) is 0.837. The van der Waals surface area contributed by atoms with Crippen LogP contribution >= 0.6 is 23.1 Å². The first-order chi connectivity index (χ1) is 11.1. The van der Waals surface area contributed by atoms with Crippen molar-refractivity contribution >= 4 is 34.8 Å². The summed E-state index contributed by atoms with van der Waals surface area (Å²) in [4.78, 5) is 16.9. The van der Waals surface area contributed by atoms with Gasteiger partial charge in [0.25, 0.3) is 0 Å². The summed E-state index contributed by atoms with van der Waals surface area (Å²) in [5, 5.41) is 9.78. The summed E-state index contributed by atoms with van der Waals surface area (Å²) >= 11 is 3.36. The van der Waals surface area contributed by atoms with Gasteiger partial charge in [0.1, 0.15) is 5.76 Å². The Balaban J connectivity index is 1.48. The Hall–Kier alpha value is -1.34. The molecule has 1 atom stereocenters. The molecule has 5 nitrogen and oxygen atoms in total. The van der Waals surface area contributed by atoms with Gasteiger partial charge in [-0.25, -0.2) is 4.98 Å². The molecular formula is C16H21N3O2S2. The van der Waals surface area contributed by atoms with Crippen molar-refractivity contribution in [2.24, 2.45) is 0 Å². The van der Waals surface area contributed by atoms with Crippen LogP contribution in [0, 0.1) is 6.92 Å². The summed E-state index contributed by atoms with van der Waals surface area (Å²) in [5.41, 5.74) is 1.08. The summed E-state index contributed by atoms with van der Waals surface area (Å²) in [6, 6.07) is 1.71. The van der Waals surface area contributed by atoms with Crippen LogP contribution in [0.4, 0.5) is 5.82 Å². The minimum atomic E-state index is -0.163. The van der Waals surface area contributed by atoms with E-state index in [0.29, 0.717) is 17.5 Å². The van der Waals surface area contributed by atoms with Crippen LogP contribution in [0.2, 0.25) is 0 Å². The SMILES string of the molecule is Cc1cc(NC(=O)[C@H](C)SCc2csc(C3CCCC3)n2)no1. The number of carbonyl (C=O) groups is 1. The highest BCUT2D eigenvalue weighted by Gasteiger charge is 2.21. The lowest BCUT2D eigenvalue weighted by Crippen LogP contribution is -2.22. The van der Waals surface area contributed by atoms with Crippen LogP contribution in [0.25, 0.3) is 0 Å². The molecule has 3 rings (SSSR count). The molecule has 1 aliphatic rings. The summed E-state index contributed by atoms with van der Waals surface area (Å²) in [5.74, 6) is 2.51. The molecule has 2 aromatic heterocycles. The predicted octanol–water partition coefficient (Wildman–Crippen LogP) is 4.36. The zero-order valence-corrected chi connectivity index (χ0v) is 15.0. The third kappa shape index (κ3) is 4.35. The van der Waals surface area contributed by atoms with Crippen molar-refractivity contribution < 1.29 is 9.32 Å². The van der Waals surface area contributed by atoms with Crippen molar-refractivity contribution in [1.82, 2.24) is 10.1 Å². The summed E-state index contributed by atoms with van der Waals surface area (Å²) in [6.45, 7) is 3.70. The van der Waals surface area contributed by atoms with Crippen LogP contribution in [0.5, 0.6) is 0 Å². The molecule has 1 N–H and O–H groups in total. The van der Waals surface area contributed by atoms with Crippen LogP contribution in [0.15, 0.2) is 16.0 Å². The van der Waals surface area contributed by atoms with Gasteiger partial charge in [0, 0.05) is 23.1 Å². The van der Waals surface area contributed by atoms with E-state index in [9.17, 15) is 4.79 Å². The molecule has 1 saturated carbocycles. The highest BCUT2D eigenvalue weighted by molar-refractivity contribution is 7.99. The van der Waals surface area contributed by atoms with Crippen LogP contribution in [-0.4, -0.2) is 21.3 Å². The second-order valence-corrected chi connectivity index (χ2v) is 8.14. The van der Waals surface area contributed by atoms with Crippen LogP contribution < -0.4 is 5.32 Å². The first kappa shape index (κ1) is 16.5. The maximum absolute atomic E-state index is 12.1. The highest BCUT2D eigenvalue weighted by atomic mass is 32.2. The van der Waals surface area contributed by atoms with Gasteiger partial charge in [-0.2, -0.15) is 0 Å². The molecule has 0 unspecified atom stereocenters. The van der Waals surface area contributed by atoms with Crippen molar-refractivity contribution in [2.75, 3.05) is 5.32 Å². The molecule has 0 bridgehead atoms. The largest absolute Gasteiger partial charge is 0.360 e. The fourth-order valence-corrected chi connectivity index (χ4v) is 4.56. The number of amides is 1. The minimum Gasteiger partial charge on any atom is -0.360 e. The standard InChI is InChI=1S/C16H21N3O2S2/c1-10-7-14(19-21-10)18-15(20)11(2)22-8-13-9-23-16(17-13)12-5-3-4-6-12/h7,9,11-12H,3-6,8H2,1-2H3,(H,18,19,20)/t11-/m0/s1. The molecule has 0 aromatic carbocycles. The van der Waals surface area contributed by atoms with E-state index in [1.807, 2.05) is 6.92 Å². The molecule has 0 aliphatic heterocycles. The number of nitrogens with zero attached hydrogens (tertiary/aromatic N) is 2. The van der Waals surface area contributed by atoms with Gasteiger partial charge >= 0.3 is 0 Å². The number of hydrogen-bond donors (Lipinski definition) is 1. The van der Waals surface area contributed by atoms with E-state index in [2.05, 4.69) is 15.9 Å². The van der Waals surface area contributed by atoms with Crippen molar-refractivity contribution in [3.63, 3.8) is 0 Å². The number of hydrogen-bond acceptors (Lipinski definition) is 6. The van der Waals surface area contributed by atoms with Gasteiger partial charge in [0.2, 0.25) is 5.91 Å². The fourth-order valence-electron chi connectivity index (χ4n) is 2.69. The smallest absolute Gasteiger partial charge is 0.238 e. The first-order valence-corrected chi connectivity index (χ1v) is 9.85. The van der Waals surface area contributed by atoms with E-state index < -0.39 is 0 Å². The number of aromatic nitrogens is 2. The molecule has 1 fully saturated rings. The van der Waals surface area contributed by atoms with E-state index in [1.165, 1.54) is 30.7 Å². The van der Waals surface area contributed by atoms with Crippen molar-refractivity contribution in [3.05, 3.63) is 27.9 Å². The number of thiazole rings is 1. The first-order valence-electron chi connectivity index (χ1n) is 7.92. The van der Waals surface area contributed by atoms with E-state index in [1.54, 1.807) is 36.1 Å². The van der Waals surface area contributed by atoms with Crippen LogP contribution in [-0.2, 0) is 10.5 Å². The molecular weight excluding hydrogens is 330 g/mol. The summed E-state index contributed by atoms with van der Waals surface area (Å²) < 4.78 is 4.95. The second-order valence-electron chi connectivity index (χ2n) is 5.92. The van der Waals surface area contributed by atoms with Crippen LogP contribution in [0.1, 0.15) is 55.0 Å². The Labute approximate surface area is 144 Å².